The van der Waals surface area contributed by atoms with Crippen molar-refractivity contribution in [3.63, 3.8) is 0 Å². The number of hydrogen-bond donors (Lipinski definition) is 1. The quantitative estimate of drug-likeness (QED) is 0.748. The van der Waals surface area contributed by atoms with Gasteiger partial charge in [0.25, 0.3) is 0 Å². The van der Waals surface area contributed by atoms with Crippen molar-refractivity contribution in [3.05, 3.63) is 57.9 Å². The molecular formula is C23H28N4O. The van der Waals surface area contributed by atoms with Gasteiger partial charge < -0.3 is 5.32 Å². The Balaban J connectivity index is 1.49. The molecule has 2 heterocycles. The summed E-state index contributed by atoms with van der Waals surface area (Å²) in [6, 6.07) is 8.61. The van der Waals surface area contributed by atoms with E-state index in [1.807, 2.05) is 25.6 Å². The highest BCUT2D eigenvalue weighted by atomic mass is 16.1. The lowest BCUT2D eigenvalue weighted by atomic mass is 9.87. The minimum absolute atomic E-state index is 0.114. The van der Waals surface area contributed by atoms with Crippen molar-refractivity contribution in [2.45, 2.75) is 58.9 Å². The van der Waals surface area contributed by atoms with Crippen LogP contribution in [0.15, 0.2) is 24.3 Å². The zero-order valence-corrected chi connectivity index (χ0v) is 17.2. The highest BCUT2D eigenvalue weighted by Crippen LogP contribution is 2.30. The lowest BCUT2D eigenvalue weighted by Crippen LogP contribution is -2.31. The van der Waals surface area contributed by atoms with E-state index in [2.05, 4.69) is 41.6 Å². The lowest BCUT2D eigenvalue weighted by Gasteiger charge is -2.26. The predicted molar refractivity (Wildman–Crippen MR) is 111 cm³/mol. The van der Waals surface area contributed by atoms with Gasteiger partial charge in [0.05, 0.1) is 11.7 Å². The van der Waals surface area contributed by atoms with Crippen molar-refractivity contribution in [3.8, 4) is 0 Å². The fourth-order valence-corrected chi connectivity index (χ4v) is 4.64. The normalized spacial score (nSPS) is 16.2. The number of aryl methyl sites for hydroxylation is 5. The number of amides is 1. The molecule has 1 N–H and O–H groups in total. The number of benzene rings is 1. The zero-order valence-electron chi connectivity index (χ0n) is 17.2. The average Bonchev–Trinajstić information content (AvgIpc) is 2.95. The van der Waals surface area contributed by atoms with Gasteiger partial charge in [0, 0.05) is 24.5 Å². The molecule has 146 valence electrons. The van der Waals surface area contributed by atoms with E-state index in [-0.39, 0.29) is 11.9 Å². The first kappa shape index (κ1) is 18.7. The van der Waals surface area contributed by atoms with Gasteiger partial charge >= 0.3 is 0 Å². The first-order valence-corrected chi connectivity index (χ1v) is 10.1. The minimum atomic E-state index is 0.114. The van der Waals surface area contributed by atoms with Gasteiger partial charge in [0.2, 0.25) is 5.91 Å². The van der Waals surface area contributed by atoms with Crippen LogP contribution in [0.3, 0.4) is 0 Å². The SMILES string of the molecule is Cc1nc2c(c(C)nn2C)c(C)c1CCC(=O)N[C@@H]1CCCc2ccccc21. The van der Waals surface area contributed by atoms with Gasteiger partial charge in [0.15, 0.2) is 5.65 Å². The summed E-state index contributed by atoms with van der Waals surface area (Å²) in [5, 5.41) is 8.88. The second-order valence-corrected chi connectivity index (χ2v) is 7.92. The van der Waals surface area contributed by atoms with Gasteiger partial charge in [0.1, 0.15) is 0 Å². The van der Waals surface area contributed by atoms with Crippen molar-refractivity contribution < 1.29 is 4.79 Å². The van der Waals surface area contributed by atoms with Crippen molar-refractivity contribution in [1.29, 1.82) is 0 Å². The number of pyridine rings is 1. The number of carbonyl (C=O) groups is 1. The second kappa shape index (κ2) is 7.38. The summed E-state index contributed by atoms with van der Waals surface area (Å²) in [4.78, 5) is 17.5. The van der Waals surface area contributed by atoms with E-state index < -0.39 is 0 Å². The average molecular weight is 377 g/mol. The van der Waals surface area contributed by atoms with E-state index in [9.17, 15) is 4.79 Å². The first-order chi connectivity index (χ1) is 13.5. The monoisotopic (exact) mass is 376 g/mol. The van der Waals surface area contributed by atoms with Crippen LogP contribution < -0.4 is 5.32 Å². The number of rotatable bonds is 4. The van der Waals surface area contributed by atoms with E-state index in [1.165, 1.54) is 22.3 Å². The Morgan fingerprint density at radius 3 is 2.82 bits per heavy atom. The van der Waals surface area contributed by atoms with Crippen molar-refractivity contribution in [2.24, 2.45) is 7.05 Å². The van der Waals surface area contributed by atoms with Crippen molar-refractivity contribution in [1.82, 2.24) is 20.1 Å². The number of carbonyl (C=O) groups excluding carboxylic acids is 1. The summed E-state index contributed by atoms with van der Waals surface area (Å²) in [5.74, 6) is 0.114. The van der Waals surface area contributed by atoms with E-state index >= 15 is 0 Å². The topological polar surface area (TPSA) is 59.8 Å². The van der Waals surface area contributed by atoms with Crippen LogP contribution in [0.25, 0.3) is 11.0 Å². The van der Waals surface area contributed by atoms with Gasteiger partial charge in [-0.2, -0.15) is 5.10 Å². The van der Waals surface area contributed by atoms with Gasteiger partial charge in [-0.25, -0.2) is 4.98 Å². The van der Waals surface area contributed by atoms with E-state index in [1.54, 1.807) is 0 Å². The van der Waals surface area contributed by atoms with Crippen molar-refractivity contribution >= 4 is 16.9 Å². The summed E-state index contributed by atoms with van der Waals surface area (Å²) < 4.78 is 1.83. The summed E-state index contributed by atoms with van der Waals surface area (Å²) >= 11 is 0. The standard InChI is InChI=1S/C23H28N4O/c1-14-18(15(2)24-23-22(14)16(3)26-27(23)4)12-13-21(28)25-20-11-7-9-17-8-5-6-10-19(17)20/h5-6,8,10,20H,7,9,11-13H2,1-4H3,(H,25,28)/t20-/m1/s1. The lowest BCUT2D eigenvalue weighted by molar-refractivity contribution is -0.121. The third-order valence-electron chi connectivity index (χ3n) is 6.04. The molecule has 4 rings (SSSR count). The predicted octanol–water partition coefficient (Wildman–Crippen LogP) is 4.02. The molecule has 0 aliphatic heterocycles. The number of aromatic nitrogens is 3. The summed E-state index contributed by atoms with van der Waals surface area (Å²) in [5.41, 5.74) is 7.91. The molecule has 28 heavy (non-hydrogen) atoms. The van der Waals surface area contributed by atoms with Crippen LogP contribution in [-0.2, 0) is 24.7 Å². The molecule has 1 atom stereocenters. The highest BCUT2D eigenvalue weighted by Gasteiger charge is 2.22. The molecule has 0 saturated carbocycles. The second-order valence-electron chi connectivity index (χ2n) is 7.92. The molecule has 0 unspecified atom stereocenters. The molecule has 1 amide bonds. The van der Waals surface area contributed by atoms with E-state index in [0.717, 1.165) is 41.7 Å². The molecule has 1 aromatic carbocycles. The Morgan fingerprint density at radius 2 is 2.00 bits per heavy atom. The summed E-state index contributed by atoms with van der Waals surface area (Å²) in [6.45, 7) is 6.17. The molecule has 1 aliphatic rings. The van der Waals surface area contributed by atoms with Gasteiger partial charge in [-0.3, -0.25) is 9.48 Å². The van der Waals surface area contributed by atoms with Crippen LogP contribution in [0.4, 0.5) is 0 Å². The molecule has 2 aromatic heterocycles. The maximum absolute atomic E-state index is 12.7. The molecule has 1 aliphatic carbocycles. The Morgan fingerprint density at radius 1 is 1.21 bits per heavy atom. The Labute approximate surface area is 166 Å². The van der Waals surface area contributed by atoms with Crippen LogP contribution >= 0.6 is 0 Å². The third kappa shape index (κ3) is 3.30. The Bertz CT molecular complexity index is 1050. The Kier molecular flexibility index (Phi) is 4.92. The van der Waals surface area contributed by atoms with Crippen LogP contribution in [0.2, 0.25) is 0 Å². The van der Waals surface area contributed by atoms with Crippen LogP contribution in [0, 0.1) is 20.8 Å². The number of hydrogen-bond acceptors (Lipinski definition) is 3. The smallest absolute Gasteiger partial charge is 0.220 e. The van der Waals surface area contributed by atoms with Crippen LogP contribution in [0.1, 0.15) is 58.9 Å². The van der Waals surface area contributed by atoms with Gasteiger partial charge in [-0.15, -0.1) is 0 Å². The van der Waals surface area contributed by atoms with Crippen molar-refractivity contribution in [2.75, 3.05) is 0 Å². The summed E-state index contributed by atoms with van der Waals surface area (Å²) in [6.07, 6.45) is 4.43. The van der Waals surface area contributed by atoms with Gasteiger partial charge in [-0.1, -0.05) is 24.3 Å². The molecule has 0 spiro atoms. The minimum Gasteiger partial charge on any atom is -0.349 e. The maximum atomic E-state index is 12.7. The van der Waals surface area contributed by atoms with Crippen LogP contribution in [0.5, 0.6) is 0 Å². The third-order valence-corrected chi connectivity index (χ3v) is 6.04. The number of fused-ring (bicyclic) bond motifs is 2. The molecule has 0 bridgehead atoms. The molecule has 0 fully saturated rings. The summed E-state index contributed by atoms with van der Waals surface area (Å²) in [7, 11) is 1.93. The first-order valence-electron chi connectivity index (χ1n) is 10.1. The number of nitrogens with zero attached hydrogens (tertiary/aromatic N) is 3. The molecule has 0 saturated heterocycles. The fraction of sp³-hybridized carbons (Fsp3) is 0.435. The molecule has 5 nitrogen and oxygen atoms in total. The Hall–Kier alpha value is -2.69. The van der Waals surface area contributed by atoms with E-state index in [0.29, 0.717) is 12.8 Å². The fourth-order valence-electron chi connectivity index (χ4n) is 4.64. The van der Waals surface area contributed by atoms with Gasteiger partial charge in [-0.05, 0) is 68.7 Å². The van der Waals surface area contributed by atoms with E-state index in [4.69, 9.17) is 4.98 Å². The highest BCUT2D eigenvalue weighted by molar-refractivity contribution is 5.84. The molecular weight excluding hydrogens is 348 g/mol. The zero-order chi connectivity index (χ0) is 19.8. The molecule has 0 radical (unpaired) electrons. The molecule has 5 heteroatoms. The van der Waals surface area contributed by atoms with Crippen LogP contribution in [-0.4, -0.2) is 20.7 Å². The number of nitrogens with one attached hydrogen (secondary N) is 1. The largest absolute Gasteiger partial charge is 0.349 e. The molecule has 3 aromatic rings. The maximum Gasteiger partial charge on any atom is 0.220 e.